The molecule has 1 unspecified atom stereocenters. The van der Waals surface area contributed by atoms with Crippen molar-refractivity contribution in [3.8, 4) is 0 Å². The zero-order valence-electron chi connectivity index (χ0n) is 25.9. The summed E-state index contributed by atoms with van der Waals surface area (Å²) in [4.78, 5) is 32.9. The van der Waals surface area contributed by atoms with E-state index in [1.165, 1.54) is 5.56 Å². The number of benzene rings is 4. The highest BCUT2D eigenvalue weighted by atomic mass is 16.5. The van der Waals surface area contributed by atoms with Crippen LogP contribution in [0, 0.1) is 0 Å². The van der Waals surface area contributed by atoms with Crippen LogP contribution in [-0.2, 0) is 27.4 Å². The first-order valence-corrected chi connectivity index (χ1v) is 16.2. The topological polar surface area (TPSA) is 61.9 Å². The third-order valence-corrected chi connectivity index (χ3v) is 9.44. The summed E-state index contributed by atoms with van der Waals surface area (Å²) in [6.07, 6.45) is 3.33. The molecule has 2 aliphatic heterocycles. The second kappa shape index (κ2) is 14.7. The van der Waals surface area contributed by atoms with E-state index in [0.717, 1.165) is 49.2 Å². The molecule has 0 aromatic heterocycles. The summed E-state index contributed by atoms with van der Waals surface area (Å²) in [5, 5.41) is 3.10. The summed E-state index contributed by atoms with van der Waals surface area (Å²) >= 11 is 0. The molecule has 45 heavy (non-hydrogen) atoms. The maximum Gasteiger partial charge on any atom is 0.248 e. The second-order valence-electron chi connectivity index (χ2n) is 12.3. The van der Waals surface area contributed by atoms with Crippen molar-refractivity contribution in [2.24, 2.45) is 0 Å². The minimum absolute atomic E-state index is 0.0563. The molecule has 2 aliphatic rings. The van der Waals surface area contributed by atoms with Crippen LogP contribution in [0.25, 0.3) is 0 Å². The van der Waals surface area contributed by atoms with Crippen LogP contribution in [0.15, 0.2) is 121 Å². The Morgan fingerprint density at radius 3 is 1.84 bits per heavy atom. The molecule has 4 aromatic rings. The van der Waals surface area contributed by atoms with E-state index in [0.29, 0.717) is 26.0 Å². The molecular formula is C39H43N3O3. The molecule has 2 amide bonds. The van der Waals surface area contributed by atoms with E-state index in [1.54, 1.807) is 0 Å². The summed E-state index contributed by atoms with van der Waals surface area (Å²) < 4.78 is 6.00. The lowest BCUT2D eigenvalue weighted by Gasteiger charge is -2.52. The van der Waals surface area contributed by atoms with Crippen molar-refractivity contribution >= 4 is 11.8 Å². The van der Waals surface area contributed by atoms with E-state index in [-0.39, 0.29) is 24.3 Å². The number of nitrogens with one attached hydrogen (secondary N) is 1. The number of carbonyl (C=O) groups excluding carboxylic acids is 2. The molecule has 2 fully saturated rings. The molecule has 1 spiro atoms. The number of rotatable bonds is 12. The molecule has 232 valence electrons. The van der Waals surface area contributed by atoms with Gasteiger partial charge < -0.3 is 19.9 Å². The van der Waals surface area contributed by atoms with Crippen LogP contribution in [-0.4, -0.2) is 66.0 Å². The Morgan fingerprint density at radius 1 is 0.733 bits per heavy atom. The third kappa shape index (κ3) is 7.35. The Kier molecular flexibility index (Phi) is 10.0. The Hall–Kier alpha value is -4.26. The van der Waals surface area contributed by atoms with E-state index < -0.39 is 11.6 Å². The van der Waals surface area contributed by atoms with Crippen molar-refractivity contribution in [1.82, 2.24) is 15.1 Å². The summed E-state index contributed by atoms with van der Waals surface area (Å²) in [6.45, 7) is 3.50. The average molecular weight is 602 g/mol. The first-order valence-electron chi connectivity index (χ1n) is 16.2. The van der Waals surface area contributed by atoms with Gasteiger partial charge in [-0.15, -0.1) is 0 Å². The van der Waals surface area contributed by atoms with Crippen LogP contribution in [0.2, 0.25) is 0 Å². The Bertz CT molecular complexity index is 1470. The van der Waals surface area contributed by atoms with Crippen LogP contribution in [0.5, 0.6) is 0 Å². The molecule has 2 saturated heterocycles. The summed E-state index contributed by atoms with van der Waals surface area (Å²) in [5.41, 5.74) is 3.77. The van der Waals surface area contributed by atoms with Gasteiger partial charge in [0.1, 0.15) is 11.6 Å². The van der Waals surface area contributed by atoms with E-state index >= 15 is 0 Å². The highest BCUT2D eigenvalue weighted by Gasteiger charge is 2.54. The molecule has 0 saturated carbocycles. The zero-order valence-corrected chi connectivity index (χ0v) is 25.9. The fourth-order valence-electron chi connectivity index (χ4n) is 6.87. The van der Waals surface area contributed by atoms with Gasteiger partial charge in [0, 0.05) is 25.6 Å². The van der Waals surface area contributed by atoms with Gasteiger partial charge in [0.25, 0.3) is 0 Å². The van der Waals surface area contributed by atoms with Crippen molar-refractivity contribution < 1.29 is 14.3 Å². The van der Waals surface area contributed by atoms with Crippen LogP contribution in [0.3, 0.4) is 0 Å². The largest absolute Gasteiger partial charge is 0.374 e. The Balaban J connectivity index is 1.21. The number of aryl methyl sites for hydroxylation is 1. The van der Waals surface area contributed by atoms with E-state index in [4.69, 9.17) is 4.74 Å². The van der Waals surface area contributed by atoms with Crippen molar-refractivity contribution in [3.63, 3.8) is 0 Å². The number of carbonyl (C=O) groups is 2. The van der Waals surface area contributed by atoms with E-state index in [2.05, 4.69) is 64.8 Å². The molecule has 0 radical (unpaired) electrons. The molecule has 6 rings (SSSR count). The molecule has 4 aromatic carbocycles. The van der Waals surface area contributed by atoms with Crippen LogP contribution >= 0.6 is 0 Å². The number of likely N-dealkylation sites (tertiary alicyclic amines) is 1. The van der Waals surface area contributed by atoms with Crippen molar-refractivity contribution in [2.75, 3.05) is 32.8 Å². The number of amides is 2. The molecule has 6 nitrogen and oxygen atoms in total. The smallest absolute Gasteiger partial charge is 0.248 e. The highest BCUT2D eigenvalue weighted by Crippen LogP contribution is 2.37. The van der Waals surface area contributed by atoms with Gasteiger partial charge in [-0.3, -0.25) is 9.59 Å². The van der Waals surface area contributed by atoms with Gasteiger partial charge in [0.05, 0.1) is 13.2 Å². The fourth-order valence-corrected chi connectivity index (χ4v) is 6.87. The van der Waals surface area contributed by atoms with Gasteiger partial charge in [-0.2, -0.15) is 0 Å². The Labute approximate surface area is 267 Å². The zero-order chi connectivity index (χ0) is 30.9. The monoisotopic (exact) mass is 601 g/mol. The maximum atomic E-state index is 14.4. The molecule has 6 heteroatoms. The molecule has 0 aliphatic carbocycles. The van der Waals surface area contributed by atoms with Crippen LogP contribution in [0.1, 0.15) is 47.4 Å². The number of nitrogens with zero attached hydrogens (tertiary/aromatic N) is 2. The van der Waals surface area contributed by atoms with Gasteiger partial charge in [0.15, 0.2) is 0 Å². The number of hydrogen-bond donors (Lipinski definition) is 1. The molecule has 2 heterocycles. The number of piperidine rings is 1. The third-order valence-electron chi connectivity index (χ3n) is 9.44. The van der Waals surface area contributed by atoms with Crippen LogP contribution in [0.4, 0.5) is 0 Å². The lowest BCUT2D eigenvalue weighted by atomic mass is 9.80. The molecule has 1 atom stereocenters. The molecule has 1 N–H and O–H groups in total. The summed E-state index contributed by atoms with van der Waals surface area (Å²) in [5.74, 6) is -0.176. The lowest BCUT2D eigenvalue weighted by molar-refractivity contribution is -0.163. The van der Waals surface area contributed by atoms with Gasteiger partial charge in [0.2, 0.25) is 11.8 Å². The number of hydrogen-bond acceptors (Lipinski definition) is 4. The predicted molar refractivity (Wildman–Crippen MR) is 178 cm³/mol. The average Bonchev–Trinajstić information content (AvgIpc) is 3.10. The SMILES string of the molecule is O=C1C(COCc2ccccc2)NC(=O)C2(CCN(CCCc3ccccc3)CC2)N1CC(c1ccccc1)c1ccccc1. The van der Waals surface area contributed by atoms with Crippen LogP contribution < -0.4 is 5.32 Å². The predicted octanol–water partition coefficient (Wildman–Crippen LogP) is 5.83. The van der Waals surface area contributed by atoms with Gasteiger partial charge in [-0.05, 0) is 54.5 Å². The standard InChI is InChI=1S/C39H43N3O3/c43-37-36(30-45-29-32-16-7-2-8-17-32)40-38(44)39(23-26-41(27-24-39)25-13-18-31-14-5-1-6-15-31)42(37)28-35(33-19-9-3-10-20-33)34-21-11-4-12-22-34/h1-12,14-17,19-22,35-36H,13,18,23-30H2,(H,40,44). The van der Waals surface area contributed by atoms with Gasteiger partial charge in [-0.25, -0.2) is 0 Å². The summed E-state index contributed by atoms with van der Waals surface area (Å²) in [7, 11) is 0. The van der Waals surface area contributed by atoms with Crippen molar-refractivity contribution in [1.29, 1.82) is 0 Å². The Morgan fingerprint density at radius 2 is 1.27 bits per heavy atom. The van der Waals surface area contributed by atoms with Gasteiger partial charge in [-0.1, -0.05) is 121 Å². The van der Waals surface area contributed by atoms with E-state index in [1.807, 2.05) is 71.6 Å². The maximum absolute atomic E-state index is 14.4. The molecule has 0 bridgehead atoms. The minimum Gasteiger partial charge on any atom is -0.374 e. The van der Waals surface area contributed by atoms with Crippen molar-refractivity contribution in [2.45, 2.75) is 49.8 Å². The lowest BCUT2D eigenvalue weighted by Crippen LogP contribution is -2.73. The number of ether oxygens (including phenoxy) is 1. The normalized spacial score (nSPS) is 18.3. The quantitative estimate of drug-likeness (QED) is 0.222. The first-order chi connectivity index (χ1) is 22.1. The van der Waals surface area contributed by atoms with E-state index in [9.17, 15) is 9.59 Å². The highest BCUT2D eigenvalue weighted by molar-refractivity contribution is 6.00. The molecular weight excluding hydrogens is 558 g/mol. The number of piperazine rings is 1. The second-order valence-corrected chi connectivity index (χ2v) is 12.3. The van der Waals surface area contributed by atoms with Crippen molar-refractivity contribution in [3.05, 3.63) is 144 Å². The summed E-state index contributed by atoms with van der Waals surface area (Å²) in [6, 6.07) is 40.4. The van der Waals surface area contributed by atoms with Gasteiger partial charge >= 0.3 is 0 Å². The fraction of sp³-hybridized carbons (Fsp3) is 0.333. The minimum atomic E-state index is -0.884. The first kappa shape index (κ1) is 30.8.